The number of hydrogen-bond acceptors (Lipinski definition) is 6. The van der Waals surface area contributed by atoms with Crippen molar-refractivity contribution in [3.8, 4) is 0 Å². The van der Waals surface area contributed by atoms with Crippen LogP contribution in [-0.2, 0) is 19.6 Å². The quantitative estimate of drug-likeness (QED) is 0.356. The van der Waals surface area contributed by atoms with Crippen LogP contribution >= 0.6 is 11.3 Å². The summed E-state index contributed by atoms with van der Waals surface area (Å²) in [6.07, 6.45) is 3.22. The number of benzene rings is 2. The van der Waals surface area contributed by atoms with Crippen molar-refractivity contribution in [1.82, 2.24) is 14.5 Å². The molecule has 0 radical (unpaired) electrons. The summed E-state index contributed by atoms with van der Waals surface area (Å²) in [5.41, 5.74) is 1.17. The molecular formula is C26H30FN5O4S2. The van der Waals surface area contributed by atoms with E-state index in [0.29, 0.717) is 23.1 Å². The van der Waals surface area contributed by atoms with Crippen molar-refractivity contribution >= 4 is 54.9 Å². The topological polar surface area (TPSA) is 105 Å². The lowest BCUT2D eigenvalue weighted by molar-refractivity contribution is -0.140. The van der Waals surface area contributed by atoms with Crippen LogP contribution in [0.3, 0.4) is 0 Å². The maximum absolute atomic E-state index is 14.3. The fourth-order valence-corrected chi connectivity index (χ4v) is 6.48. The average Bonchev–Trinajstić information content (AvgIpc) is 3.55. The van der Waals surface area contributed by atoms with Gasteiger partial charge < -0.3 is 14.4 Å². The second-order valence-electron chi connectivity index (χ2n) is 9.33. The largest absolute Gasteiger partial charge is 0.335 e. The van der Waals surface area contributed by atoms with Gasteiger partial charge in [0.05, 0.1) is 10.4 Å². The number of thiazole rings is 1. The number of rotatable bonds is 7. The number of halogens is 1. The lowest BCUT2D eigenvalue weighted by atomic mass is 10.0. The summed E-state index contributed by atoms with van der Waals surface area (Å²) in [7, 11) is -3.81. The Morgan fingerprint density at radius 3 is 2.55 bits per heavy atom. The Hall–Kier alpha value is -3.77. The second kappa shape index (κ2) is 10.2. The number of fused-ring (bicyclic) bond motifs is 1. The molecule has 1 saturated heterocycles. The minimum Gasteiger partial charge on any atom is -0.335 e. The fourth-order valence-electron chi connectivity index (χ4n) is 4.69. The summed E-state index contributed by atoms with van der Waals surface area (Å²) in [4.78, 5) is 33.7. The Balaban J connectivity index is 0.00000220. The third kappa shape index (κ3) is 4.88. The number of carbonyl (C=O) groups excluding carboxylic acids is 2. The van der Waals surface area contributed by atoms with E-state index in [4.69, 9.17) is 0 Å². The highest BCUT2D eigenvalue weighted by Crippen LogP contribution is 2.29. The summed E-state index contributed by atoms with van der Waals surface area (Å²) < 4.78 is 43.6. The predicted molar refractivity (Wildman–Crippen MR) is 148 cm³/mol. The zero-order valence-electron chi connectivity index (χ0n) is 20.7. The number of carbonyl (C=O) groups is 2. The van der Waals surface area contributed by atoms with Crippen molar-refractivity contribution < 1.29 is 25.3 Å². The van der Waals surface area contributed by atoms with E-state index in [1.54, 1.807) is 51.4 Å². The molecular weight excluding hydrogens is 529 g/mol. The van der Waals surface area contributed by atoms with Gasteiger partial charge >= 0.3 is 0 Å². The zero-order chi connectivity index (χ0) is 27.0. The molecule has 1 N–H and O–H groups in total. The van der Waals surface area contributed by atoms with Crippen molar-refractivity contribution in [3.05, 3.63) is 72.1 Å². The van der Waals surface area contributed by atoms with Crippen LogP contribution in [0.25, 0.3) is 10.9 Å². The third-order valence-corrected chi connectivity index (χ3v) is 8.71. The molecule has 1 fully saturated rings. The molecule has 9 nitrogen and oxygen atoms in total. The van der Waals surface area contributed by atoms with Gasteiger partial charge in [0.2, 0.25) is 11.8 Å². The minimum atomic E-state index is -3.81. The van der Waals surface area contributed by atoms with Crippen LogP contribution in [0.5, 0.6) is 0 Å². The summed E-state index contributed by atoms with van der Waals surface area (Å²) in [6.45, 7) is 4.31. The second-order valence-corrected chi connectivity index (χ2v) is 11.9. The van der Waals surface area contributed by atoms with E-state index in [9.17, 15) is 22.4 Å². The lowest BCUT2D eigenvalue weighted by Gasteiger charge is -2.37. The molecule has 2 aromatic heterocycles. The van der Waals surface area contributed by atoms with Crippen LogP contribution in [0.2, 0.25) is 0 Å². The normalized spacial score (nSPS) is 15.3. The number of anilines is 2. The van der Waals surface area contributed by atoms with Crippen LogP contribution in [0.15, 0.2) is 71.2 Å². The molecule has 2 aromatic carbocycles. The van der Waals surface area contributed by atoms with Crippen molar-refractivity contribution in [3.63, 3.8) is 0 Å². The number of piperazine rings is 1. The molecule has 0 bridgehead atoms. The summed E-state index contributed by atoms with van der Waals surface area (Å²) in [5.74, 6) is -0.920. The first-order chi connectivity index (χ1) is 18.2. The molecule has 2 amide bonds. The van der Waals surface area contributed by atoms with E-state index in [2.05, 4.69) is 9.71 Å². The van der Waals surface area contributed by atoms with E-state index in [1.807, 2.05) is 13.8 Å². The molecule has 0 aliphatic carbocycles. The number of hydrogen-bond donors (Lipinski definition) is 1. The highest BCUT2D eigenvalue weighted by atomic mass is 32.2. The van der Waals surface area contributed by atoms with Crippen molar-refractivity contribution in [2.75, 3.05) is 29.3 Å². The maximum atomic E-state index is 14.3. The van der Waals surface area contributed by atoms with Gasteiger partial charge in [0, 0.05) is 44.8 Å². The Labute approximate surface area is 226 Å². The Kier molecular flexibility index (Phi) is 6.93. The van der Waals surface area contributed by atoms with Gasteiger partial charge in [0.1, 0.15) is 18.4 Å². The highest BCUT2D eigenvalue weighted by molar-refractivity contribution is 7.93. The first-order valence-electron chi connectivity index (χ1n) is 12.0. The monoisotopic (exact) mass is 559 g/mol. The van der Waals surface area contributed by atoms with Gasteiger partial charge in [0.25, 0.3) is 10.0 Å². The van der Waals surface area contributed by atoms with E-state index in [0.717, 1.165) is 0 Å². The minimum absolute atomic E-state index is 0. The van der Waals surface area contributed by atoms with Crippen molar-refractivity contribution in [1.29, 1.82) is 0 Å². The molecule has 3 heterocycles. The molecule has 1 aliphatic rings. The number of nitrogens with zero attached hydrogens (tertiary/aromatic N) is 4. The number of amides is 2. The first kappa shape index (κ1) is 25.9. The van der Waals surface area contributed by atoms with E-state index in [1.165, 1.54) is 40.6 Å². The SMILES string of the molecule is CC(C)[C@@H](C(=O)N1CCN(c2ccc(S(=O)(=O)Nc3nccs3)cc2)C(=O)C1)n1ccc2c(F)cccc21.[HH].[HH]. The summed E-state index contributed by atoms with van der Waals surface area (Å²) in [5, 5.41) is 2.38. The van der Waals surface area contributed by atoms with Crippen LogP contribution in [0, 0.1) is 11.7 Å². The number of aromatic nitrogens is 2. The Bertz CT molecular complexity index is 1600. The van der Waals surface area contributed by atoms with Gasteiger partial charge in [-0.15, -0.1) is 11.3 Å². The highest BCUT2D eigenvalue weighted by Gasteiger charge is 2.34. The first-order valence-corrected chi connectivity index (χ1v) is 14.4. The van der Waals surface area contributed by atoms with E-state index in [-0.39, 0.29) is 49.5 Å². The van der Waals surface area contributed by atoms with Crippen LogP contribution < -0.4 is 9.62 Å². The average molecular weight is 560 g/mol. The standard InChI is InChI=1S/C26H26FN5O4S2.2H2/c1-17(2)24(32-12-10-20-21(27)4-3-5-22(20)32)25(34)30-13-14-31(23(33)16-30)18-6-8-19(9-7-18)38(35,36)29-26-28-11-15-37-26;;/h3-12,15,17,24H,13-14,16H2,1-2H3,(H,28,29);2*1H/t24-;;/m0../s1. The van der Waals surface area contributed by atoms with Gasteiger partial charge in [-0.3, -0.25) is 14.3 Å². The van der Waals surface area contributed by atoms with Gasteiger partial charge in [0.15, 0.2) is 5.13 Å². The van der Waals surface area contributed by atoms with Crippen LogP contribution in [0.1, 0.15) is 22.7 Å². The van der Waals surface area contributed by atoms with Gasteiger partial charge in [-0.05, 0) is 48.4 Å². The molecule has 1 atom stereocenters. The molecule has 202 valence electrons. The molecule has 5 rings (SSSR count). The van der Waals surface area contributed by atoms with E-state index >= 15 is 0 Å². The molecule has 38 heavy (non-hydrogen) atoms. The fraction of sp³-hybridized carbons (Fsp3) is 0.269. The van der Waals surface area contributed by atoms with Crippen molar-refractivity contribution in [2.24, 2.45) is 5.92 Å². The molecule has 0 saturated carbocycles. The molecule has 12 heteroatoms. The van der Waals surface area contributed by atoms with Crippen molar-refractivity contribution in [2.45, 2.75) is 24.8 Å². The zero-order valence-corrected chi connectivity index (χ0v) is 22.4. The summed E-state index contributed by atoms with van der Waals surface area (Å²) in [6, 6.07) is 11.9. The van der Waals surface area contributed by atoms with Gasteiger partial charge in [-0.1, -0.05) is 19.9 Å². The molecule has 4 aromatic rings. The van der Waals surface area contributed by atoms with E-state index < -0.39 is 16.1 Å². The number of sulfonamides is 1. The smallest absolute Gasteiger partial charge is 0.263 e. The maximum Gasteiger partial charge on any atom is 0.263 e. The van der Waals surface area contributed by atoms with Crippen LogP contribution in [0.4, 0.5) is 15.2 Å². The summed E-state index contributed by atoms with van der Waals surface area (Å²) >= 11 is 1.17. The van der Waals surface area contributed by atoms with Gasteiger partial charge in [-0.25, -0.2) is 17.8 Å². The lowest BCUT2D eigenvalue weighted by Crippen LogP contribution is -2.54. The van der Waals surface area contributed by atoms with Gasteiger partial charge in [-0.2, -0.15) is 0 Å². The van der Waals surface area contributed by atoms with Crippen LogP contribution in [-0.4, -0.2) is 54.3 Å². The number of nitrogens with one attached hydrogen (secondary N) is 1. The Morgan fingerprint density at radius 1 is 1.13 bits per heavy atom. The predicted octanol–water partition coefficient (Wildman–Crippen LogP) is 4.60. The molecule has 0 unspecified atom stereocenters. The third-order valence-electron chi connectivity index (χ3n) is 6.54. The molecule has 0 spiro atoms. The Morgan fingerprint density at radius 2 is 1.89 bits per heavy atom. The molecule has 1 aliphatic heterocycles.